The van der Waals surface area contributed by atoms with Crippen molar-refractivity contribution in [2.75, 3.05) is 13.2 Å². The van der Waals surface area contributed by atoms with Crippen LogP contribution in [0.1, 0.15) is 45.2 Å². The molecule has 0 aromatic heterocycles. The molecule has 1 atom stereocenters. The lowest BCUT2D eigenvalue weighted by atomic mass is 9.83. The molecule has 0 aliphatic heterocycles. The van der Waals surface area contributed by atoms with Gasteiger partial charge in [-0.2, -0.15) is 0 Å². The maximum Gasteiger partial charge on any atom is 0.0499 e. The van der Waals surface area contributed by atoms with Gasteiger partial charge >= 0.3 is 0 Å². The molecule has 0 saturated heterocycles. The molecule has 0 amide bonds. The van der Waals surface area contributed by atoms with E-state index < -0.39 is 0 Å². The van der Waals surface area contributed by atoms with Crippen molar-refractivity contribution in [2.24, 2.45) is 5.41 Å². The van der Waals surface area contributed by atoms with Crippen LogP contribution in [0.5, 0.6) is 0 Å². The number of rotatable bonds is 7. The van der Waals surface area contributed by atoms with Gasteiger partial charge in [-0.25, -0.2) is 0 Å². The summed E-state index contributed by atoms with van der Waals surface area (Å²) in [5.41, 5.74) is 1.32. The van der Waals surface area contributed by atoms with Crippen LogP contribution in [0.3, 0.4) is 0 Å². The molecule has 0 saturated carbocycles. The highest BCUT2D eigenvalue weighted by atomic mass is 16.3. The number of fused-ring (bicyclic) bond motifs is 1. The van der Waals surface area contributed by atoms with Crippen LogP contribution in [0.4, 0.5) is 0 Å². The minimum atomic E-state index is -0.00115. The molecule has 21 heavy (non-hydrogen) atoms. The Kier molecular flexibility index (Phi) is 5.38. The number of nitrogens with one attached hydrogen (secondary N) is 1. The van der Waals surface area contributed by atoms with E-state index in [1.807, 2.05) is 0 Å². The molecule has 1 unspecified atom stereocenters. The Morgan fingerprint density at radius 2 is 1.71 bits per heavy atom. The zero-order valence-electron chi connectivity index (χ0n) is 13.4. The van der Waals surface area contributed by atoms with Gasteiger partial charge in [-0.05, 0) is 36.1 Å². The van der Waals surface area contributed by atoms with Gasteiger partial charge in [0.15, 0.2) is 0 Å². The van der Waals surface area contributed by atoms with Gasteiger partial charge in [0, 0.05) is 24.6 Å². The molecule has 0 aliphatic rings. The van der Waals surface area contributed by atoms with Crippen LogP contribution in [0.2, 0.25) is 0 Å². The lowest BCUT2D eigenvalue weighted by Crippen LogP contribution is -2.37. The highest BCUT2D eigenvalue weighted by Gasteiger charge is 2.25. The van der Waals surface area contributed by atoms with Crippen molar-refractivity contribution in [2.45, 2.75) is 39.7 Å². The minimum Gasteiger partial charge on any atom is -0.396 e. The average Bonchev–Trinajstić information content (AvgIpc) is 2.56. The number of aliphatic hydroxyl groups excluding tert-OH is 1. The molecule has 2 aromatic carbocycles. The standard InChI is InChI=1S/C19H27NO/c1-4-19(5-2,14-21)13-20-15(3)17-12-8-10-16-9-6-7-11-18(16)17/h6-12,15,20-21H,4-5,13-14H2,1-3H3. The van der Waals surface area contributed by atoms with Crippen LogP contribution in [-0.2, 0) is 0 Å². The van der Waals surface area contributed by atoms with Gasteiger partial charge in [0.2, 0.25) is 0 Å². The van der Waals surface area contributed by atoms with Crippen molar-refractivity contribution in [1.29, 1.82) is 0 Å². The van der Waals surface area contributed by atoms with Crippen LogP contribution >= 0.6 is 0 Å². The third-order valence-corrected chi connectivity index (χ3v) is 4.91. The summed E-state index contributed by atoms with van der Waals surface area (Å²) in [5.74, 6) is 0. The lowest BCUT2D eigenvalue weighted by molar-refractivity contribution is 0.110. The maximum atomic E-state index is 9.69. The Labute approximate surface area is 128 Å². The van der Waals surface area contributed by atoms with Gasteiger partial charge < -0.3 is 10.4 Å². The third kappa shape index (κ3) is 3.45. The van der Waals surface area contributed by atoms with Gasteiger partial charge in [0.1, 0.15) is 0 Å². The fourth-order valence-corrected chi connectivity index (χ4v) is 2.89. The van der Waals surface area contributed by atoms with Crippen LogP contribution in [-0.4, -0.2) is 18.3 Å². The second-order valence-electron chi connectivity index (χ2n) is 6.04. The fourth-order valence-electron chi connectivity index (χ4n) is 2.89. The Bertz CT molecular complexity index is 561. The first-order chi connectivity index (χ1) is 10.2. The fraction of sp³-hybridized carbons (Fsp3) is 0.474. The molecule has 2 rings (SSSR count). The highest BCUT2D eigenvalue weighted by molar-refractivity contribution is 5.86. The Balaban J connectivity index is 2.17. The van der Waals surface area contributed by atoms with E-state index in [-0.39, 0.29) is 18.1 Å². The van der Waals surface area contributed by atoms with E-state index in [4.69, 9.17) is 0 Å². The van der Waals surface area contributed by atoms with Crippen molar-refractivity contribution >= 4 is 10.8 Å². The summed E-state index contributed by atoms with van der Waals surface area (Å²) in [4.78, 5) is 0. The maximum absolute atomic E-state index is 9.69. The number of aliphatic hydroxyl groups is 1. The number of benzene rings is 2. The Morgan fingerprint density at radius 1 is 1.05 bits per heavy atom. The SMILES string of the molecule is CCC(CC)(CO)CNC(C)c1cccc2ccccc12. The van der Waals surface area contributed by atoms with Crippen LogP contribution in [0, 0.1) is 5.41 Å². The second-order valence-corrected chi connectivity index (χ2v) is 6.04. The van der Waals surface area contributed by atoms with Gasteiger partial charge in [-0.1, -0.05) is 56.3 Å². The molecule has 0 heterocycles. The van der Waals surface area contributed by atoms with Gasteiger partial charge in [0.25, 0.3) is 0 Å². The first-order valence-electron chi connectivity index (χ1n) is 7.97. The smallest absolute Gasteiger partial charge is 0.0499 e. The van der Waals surface area contributed by atoms with E-state index in [1.165, 1.54) is 16.3 Å². The van der Waals surface area contributed by atoms with Gasteiger partial charge in [-0.3, -0.25) is 0 Å². The van der Waals surface area contributed by atoms with E-state index in [2.05, 4.69) is 68.6 Å². The quantitative estimate of drug-likeness (QED) is 0.795. The molecule has 0 radical (unpaired) electrons. The molecule has 0 spiro atoms. The molecule has 2 N–H and O–H groups in total. The topological polar surface area (TPSA) is 32.3 Å². The Hall–Kier alpha value is -1.38. The van der Waals surface area contributed by atoms with E-state index in [0.717, 1.165) is 19.4 Å². The van der Waals surface area contributed by atoms with Crippen molar-refractivity contribution < 1.29 is 5.11 Å². The minimum absolute atomic E-state index is 0.00115. The molecule has 0 fully saturated rings. The van der Waals surface area contributed by atoms with E-state index in [0.29, 0.717) is 0 Å². The molecule has 2 heteroatoms. The molecule has 2 aromatic rings. The van der Waals surface area contributed by atoms with E-state index in [1.54, 1.807) is 0 Å². The summed E-state index contributed by atoms with van der Waals surface area (Å²) < 4.78 is 0. The predicted molar refractivity (Wildman–Crippen MR) is 90.5 cm³/mol. The molecular formula is C19H27NO. The number of hydrogen-bond acceptors (Lipinski definition) is 2. The van der Waals surface area contributed by atoms with Crippen LogP contribution in [0.25, 0.3) is 10.8 Å². The van der Waals surface area contributed by atoms with Crippen LogP contribution < -0.4 is 5.32 Å². The first kappa shape index (κ1) is 16.0. The van der Waals surface area contributed by atoms with Gasteiger partial charge in [-0.15, -0.1) is 0 Å². The summed E-state index contributed by atoms with van der Waals surface area (Å²) in [5, 5.41) is 15.9. The second kappa shape index (κ2) is 7.06. The highest BCUT2D eigenvalue weighted by Crippen LogP contribution is 2.28. The largest absolute Gasteiger partial charge is 0.396 e. The summed E-state index contributed by atoms with van der Waals surface area (Å²) in [7, 11) is 0. The average molecular weight is 285 g/mol. The van der Waals surface area contributed by atoms with Crippen LogP contribution in [0.15, 0.2) is 42.5 Å². The number of hydrogen-bond donors (Lipinski definition) is 2. The Morgan fingerprint density at radius 3 is 2.38 bits per heavy atom. The summed E-state index contributed by atoms with van der Waals surface area (Å²) in [6, 6.07) is 15.3. The normalized spacial score (nSPS) is 13.5. The molecule has 2 nitrogen and oxygen atoms in total. The molecule has 0 aliphatic carbocycles. The third-order valence-electron chi connectivity index (χ3n) is 4.91. The summed E-state index contributed by atoms with van der Waals surface area (Å²) in [6.07, 6.45) is 1.99. The molecule has 114 valence electrons. The molecule has 0 bridgehead atoms. The first-order valence-corrected chi connectivity index (χ1v) is 7.97. The zero-order valence-corrected chi connectivity index (χ0v) is 13.4. The van der Waals surface area contributed by atoms with E-state index in [9.17, 15) is 5.11 Å². The van der Waals surface area contributed by atoms with Gasteiger partial charge in [0.05, 0.1) is 0 Å². The zero-order chi connectivity index (χ0) is 15.3. The summed E-state index contributed by atoms with van der Waals surface area (Å²) >= 11 is 0. The van der Waals surface area contributed by atoms with Crippen molar-refractivity contribution in [3.63, 3.8) is 0 Å². The lowest BCUT2D eigenvalue weighted by Gasteiger charge is -2.31. The van der Waals surface area contributed by atoms with E-state index >= 15 is 0 Å². The summed E-state index contributed by atoms with van der Waals surface area (Å²) in [6.45, 7) is 7.61. The van der Waals surface area contributed by atoms with Crippen molar-refractivity contribution in [3.05, 3.63) is 48.0 Å². The van der Waals surface area contributed by atoms with Crippen molar-refractivity contribution in [1.82, 2.24) is 5.32 Å². The van der Waals surface area contributed by atoms with Crippen molar-refractivity contribution in [3.8, 4) is 0 Å². The predicted octanol–water partition coefficient (Wildman–Crippen LogP) is 4.29. The molecular weight excluding hydrogens is 258 g/mol. The monoisotopic (exact) mass is 285 g/mol.